The fraction of sp³-hybridized carbons (Fsp3) is 0. The number of nitrogens with one attached hydrogen (secondary N) is 1. The summed E-state index contributed by atoms with van der Waals surface area (Å²) in [7, 11) is 0. The van der Waals surface area contributed by atoms with Gasteiger partial charge in [-0.3, -0.25) is 4.79 Å². The van der Waals surface area contributed by atoms with E-state index in [-0.39, 0.29) is 10.9 Å². The van der Waals surface area contributed by atoms with Crippen LogP contribution in [0.1, 0.15) is 10.4 Å². The second-order valence-electron chi connectivity index (χ2n) is 3.71. The predicted molar refractivity (Wildman–Crippen MR) is 78.5 cm³/mol. The van der Waals surface area contributed by atoms with Crippen molar-refractivity contribution in [3.05, 3.63) is 62.3 Å². The second kappa shape index (κ2) is 5.90. The van der Waals surface area contributed by atoms with Crippen molar-refractivity contribution in [3.63, 3.8) is 0 Å². The molecule has 0 aromatic heterocycles. The summed E-state index contributed by atoms with van der Waals surface area (Å²) in [5.41, 5.74) is 0.730. The number of benzene rings is 2. The van der Waals surface area contributed by atoms with E-state index in [0.29, 0.717) is 20.7 Å². The van der Waals surface area contributed by atoms with Crippen molar-refractivity contribution in [2.24, 2.45) is 0 Å². The Morgan fingerprint density at radius 2 is 1.89 bits per heavy atom. The van der Waals surface area contributed by atoms with Crippen LogP contribution in [0.2, 0.25) is 10.0 Å². The number of anilines is 1. The molecule has 2 rings (SSSR count). The van der Waals surface area contributed by atoms with E-state index in [1.807, 2.05) is 0 Å². The van der Waals surface area contributed by atoms with Gasteiger partial charge < -0.3 is 5.32 Å². The van der Waals surface area contributed by atoms with Crippen LogP contribution in [0.3, 0.4) is 0 Å². The van der Waals surface area contributed by atoms with Crippen molar-refractivity contribution in [2.75, 3.05) is 5.32 Å². The Morgan fingerprint density at radius 3 is 2.53 bits per heavy atom. The molecule has 0 bridgehead atoms. The largest absolute Gasteiger partial charge is 0.322 e. The van der Waals surface area contributed by atoms with E-state index < -0.39 is 5.82 Å². The van der Waals surface area contributed by atoms with Gasteiger partial charge in [-0.1, -0.05) is 23.2 Å². The molecule has 2 nitrogen and oxygen atoms in total. The fourth-order valence-corrected chi connectivity index (χ4v) is 2.43. The Hall–Kier alpha value is -1.10. The van der Waals surface area contributed by atoms with Crippen molar-refractivity contribution < 1.29 is 9.18 Å². The maximum Gasteiger partial charge on any atom is 0.256 e. The van der Waals surface area contributed by atoms with E-state index in [1.54, 1.807) is 18.2 Å². The fourth-order valence-electron chi connectivity index (χ4n) is 1.45. The van der Waals surface area contributed by atoms with Gasteiger partial charge in [0.2, 0.25) is 0 Å². The Kier molecular flexibility index (Phi) is 4.45. The average Bonchev–Trinajstić information content (AvgIpc) is 2.33. The number of halogens is 4. The Bertz CT molecular complexity index is 649. The minimum absolute atomic E-state index is 0.00525. The van der Waals surface area contributed by atoms with Crippen LogP contribution in [0.15, 0.2) is 40.9 Å². The van der Waals surface area contributed by atoms with Crippen LogP contribution >= 0.6 is 39.1 Å². The molecule has 0 fully saturated rings. The SMILES string of the molecule is O=C(Nc1ccc(Cl)c(F)c1)c1ccc(Cl)cc1Br. The first-order chi connectivity index (χ1) is 8.97. The van der Waals surface area contributed by atoms with Crippen LogP contribution in [0.5, 0.6) is 0 Å². The molecule has 6 heteroatoms. The number of rotatable bonds is 2. The monoisotopic (exact) mass is 361 g/mol. The number of carbonyl (C=O) groups is 1. The van der Waals surface area contributed by atoms with Crippen molar-refractivity contribution in [1.82, 2.24) is 0 Å². The van der Waals surface area contributed by atoms with E-state index in [1.165, 1.54) is 12.1 Å². The van der Waals surface area contributed by atoms with Crippen LogP contribution in [-0.2, 0) is 0 Å². The molecule has 0 aliphatic rings. The van der Waals surface area contributed by atoms with Gasteiger partial charge in [0.05, 0.1) is 10.6 Å². The molecule has 0 saturated carbocycles. The summed E-state index contributed by atoms with van der Waals surface area (Å²) >= 11 is 14.6. The summed E-state index contributed by atoms with van der Waals surface area (Å²) in [5, 5.41) is 3.10. The number of carbonyl (C=O) groups excluding carboxylic acids is 1. The molecule has 0 aliphatic carbocycles. The molecule has 1 amide bonds. The van der Waals surface area contributed by atoms with E-state index >= 15 is 0 Å². The van der Waals surface area contributed by atoms with E-state index in [0.717, 1.165) is 6.07 Å². The summed E-state index contributed by atoms with van der Waals surface area (Å²) in [6.07, 6.45) is 0. The summed E-state index contributed by atoms with van der Waals surface area (Å²) < 4.78 is 13.8. The minimum atomic E-state index is -0.588. The van der Waals surface area contributed by atoms with E-state index in [9.17, 15) is 9.18 Å². The normalized spacial score (nSPS) is 10.3. The van der Waals surface area contributed by atoms with Gasteiger partial charge in [0.15, 0.2) is 0 Å². The summed E-state index contributed by atoms with van der Waals surface area (Å²) in [4.78, 5) is 12.0. The first-order valence-electron chi connectivity index (χ1n) is 5.19. The number of hydrogen-bond acceptors (Lipinski definition) is 1. The zero-order valence-corrected chi connectivity index (χ0v) is 12.5. The molecule has 2 aromatic rings. The summed E-state index contributed by atoms with van der Waals surface area (Å²) in [5.74, 6) is -0.958. The predicted octanol–water partition coefficient (Wildman–Crippen LogP) is 5.15. The van der Waals surface area contributed by atoms with E-state index in [4.69, 9.17) is 23.2 Å². The van der Waals surface area contributed by atoms with Crippen molar-refractivity contribution in [2.45, 2.75) is 0 Å². The summed E-state index contributed by atoms with van der Waals surface area (Å²) in [6, 6.07) is 8.84. The van der Waals surface area contributed by atoms with Gasteiger partial charge in [-0.05, 0) is 52.3 Å². The van der Waals surface area contributed by atoms with Gasteiger partial charge in [0.25, 0.3) is 5.91 Å². The molecule has 0 saturated heterocycles. The molecule has 0 unspecified atom stereocenters. The molecule has 0 atom stereocenters. The van der Waals surface area contributed by atoms with Gasteiger partial charge in [0.1, 0.15) is 5.82 Å². The molecule has 2 aromatic carbocycles. The third-order valence-electron chi connectivity index (χ3n) is 2.35. The Balaban J connectivity index is 2.23. The third kappa shape index (κ3) is 3.47. The van der Waals surface area contributed by atoms with Gasteiger partial charge in [-0.15, -0.1) is 0 Å². The molecular weight excluding hydrogens is 356 g/mol. The quantitative estimate of drug-likeness (QED) is 0.786. The maximum absolute atomic E-state index is 13.3. The zero-order valence-electron chi connectivity index (χ0n) is 9.38. The lowest BCUT2D eigenvalue weighted by atomic mass is 10.2. The molecule has 1 N–H and O–H groups in total. The number of hydrogen-bond donors (Lipinski definition) is 1. The first-order valence-corrected chi connectivity index (χ1v) is 6.74. The van der Waals surface area contributed by atoms with Crippen LogP contribution in [0.25, 0.3) is 0 Å². The van der Waals surface area contributed by atoms with Crippen LogP contribution in [0, 0.1) is 5.82 Å². The van der Waals surface area contributed by atoms with Gasteiger partial charge in [-0.2, -0.15) is 0 Å². The first kappa shape index (κ1) is 14.3. The van der Waals surface area contributed by atoms with Crippen molar-refractivity contribution in [3.8, 4) is 0 Å². The standard InChI is InChI=1S/C13H7BrCl2FNO/c14-10-5-7(15)1-3-9(10)13(19)18-8-2-4-11(16)12(17)6-8/h1-6H,(H,18,19). The molecule has 0 heterocycles. The van der Waals surface area contributed by atoms with Gasteiger partial charge in [-0.25, -0.2) is 4.39 Å². The number of amides is 1. The lowest BCUT2D eigenvalue weighted by Crippen LogP contribution is -2.12. The smallest absolute Gasteiger partial charge is 0.256 e. The van der Waals surface area contributed by atoms with Crippen LogP contribution in [-0.4, -0.2) is 5.91 Å². The van der Waals surface area contributed by atoms with Gasteiger partial charge >= 0.3 is 0 Å². The molecule has 98 valence electrons. The van der Waals surface area contributed by atoms with Gasteiger partial charge in [0, 0.05) is 15.2 Å². The second-order valence-corrected chi connectivity index (χ2v) is 5.41. The molecule has 0 aliphatic heterocycles. The topological polar surface area (TPSA) is 29.1 Å². The van der Waals surface area contributed by atoms with Crippen LogP contribution < -0.4 is 5.32 Å². The highest BCUT2D eigenvalue weighted by atomic mass is 79.9. The van der Waals surface area contributed by atoms with Crippen LogP contribution in [0.4, 0.5) is 10.1 Å². The Morgan fingerprint density at radius 1 is 1.16 bits per heavy atom. The van der Waals surface area contributed by atoms with E-state index in [2.05, 4.69) is 21.2 Å². The van der Waals surface area contributed by atoms with Crippen molar-refractivity contribution in [1.29, 1.82) is 0 Å². The zero-order chi connectivity index (χ0) is 14.0. The highest BCUT2D eigenvalue weighted by Crippen LogP contribution is 2.23. The molecule has 19 heavy (non-hydrogen) atoms. The highest BCUT2D eigenvalue weighted by Gasteiger charge is 2.11. The minimum Gasteiger partial charge on any atom is -0.322 e. The molecular formula is C13H7BrCl2FNO. The van der Waals surface area contributed by atoms with Crippen molar-refractivity contribution >= 4 is 50.7 Å². The summed E-state index contributed by atoms with van der Waals surface area (Å²) in [6.45, 7) is 0. The molecule has 0 spiro atoms. The average molecular weight is 363 g/mol. The highest BCUT2D eigenvalue weighted by molar-refractivity contribution is 9.10. The Labute approximate surface area is 127 Å². The lowest BCUT2D eigenvalue weighted by Gasteiger charge is -2.07. The maximum atomic E-state index is 13.3. The third-order valence-corrected chi connectivity index (χ3v) is 3.55. The molecule has 0 radical (unpaired) electrons. The lowest BCUT2D eigenvalue weighted by molar-refractivity contribution is 0.102.